The van der Waals surface area contributed by atoms with E-state index in [9.17, 15) is 0 Å². The van der Waals surface area contributed by atoms with Crippen molar-refractivity contribution in [2.24, 2.45) is 0 Å². The lowest BCUT2D eigenvalue weighted by atomic mass is 10.1. The highest BCUT2D eigenvalue weighted by atomic mass is 16.5. The SMILES string of the molecule is CO[C@@H](C[C@@H](C)O)[C@@H](O)CO. The predicted molar refractivity (Wildman–Crippen MR) is 40.2 cm³/mol. The fourth-order valence-electron chi connectivity index (χ4n) is 0.864. The molecule has 0 fully saturated rings. The Kier molecular flexibility index (Phi) is 5.41. The summed E-state index contributed by atoms with van der Waals surface area (Å²) >= 11 is 0. The third-order valence-corrected chi connectivity index (χ3v) is 1.49. The third kappa shape index (κ3) is 4.31. The van der Waals surface area contributed by atoms with Crippen LogP contribution in [0.5, 0.6) is 0 Å². The molecule has 0 aromatic heterocycles. The Hall–Kier alpha value is -0.160. The number of hydrogen-bond acceptors (Lipinski definition) is 4. The topological polar surface area (TPSA) is 69.9 Å². The van der Waals surface area contributed by atoms with Gasteiger partial charge in [-0.3, -0.25) is 0 Å². The lowest BCUT2D eigenvalue weighted by Crippen LogP contribution is -2.33. The molecular formula is C7H16O4. The largest absolute Gasteiger partial charge is 0.394 e. The minimum Gasteiger partial charge on any atom is -0.394 e. The van der Waals surface area contributed by atoms with Crippen LogP contribution in [0.3, 0.4) is 0 Å². The van der Waals surface area contributed by atoms with E-state index in [1.165, 1.54) is 7.11 Å². The van der Waals surface area contributed by atoms with Crippen molar-refractivity contribution in [3.05, 3.63) is 0 Å². The average molecular weight is 164 g/mol. The van der Waals surface area contributed by atoms with Gasteiger partial charge in [0.05, 0.1) is 18.8 Å². The highest BCUT2D eigenvalue weighted by molar-refractivity contribution is 4.69. The molecule has 3 N–H and O–H groups in total. The fraction of sp³-hybridized carbons (Fsp3) is 1.00. The van der Waals surface area contributed by atoms with E-state index in [0.717, 1.165) is 0 Å². The molecule has 0 aliphatic rings. The first kappa shape index (κ1) is 10.8. The molecule has 0 heterocycles. The van der Waals surface area contributed by atoms with Gasteiger partial charge >= 0.3 is 0 Å². The van der Waals surface area contributed by atoms with Gasteiger partial charge in [0.15, 0.2) is 0 Å². The second kappa shape index (κ2) is 5.49. The first-order chi connectivity index (χ1) is 5.11. The number of hydrogen-bond donors (Lipinski definition) is 3. The predicted octanol–water partition coefficient (Wildman–Crippen LogP) is -0.875. The van der Waals surface area contributed by atoms with E-state index in [1.54, 1.807) is 6.92 Å². The van der Waals surface area contributed by atoms with Crippen LogP contribution in [0.25, 0.3) is 0 Å². The summed E-state index contributed by atoms with van der Waals surface area (Å²) in [6, 6.07) is 0. The van der Waals surface area contributed by atoms with E-state index in [-0.39, 0.29) is 6.61 Å². The zero-order chi connectivity index (χ0) is 8.85. The van der Waals surface area contributed by atoms with Crippen LogP contribution in [0, 0.1) is 0 Å². The molecule has 0 rings (SSSR count). The van der Waals surface area contributed by atoms with Crippen LogP contribution in [0.1, 0.15) is 13.3 Å². The molecule has 0 radical (unpaired) electrons. The van der Waals surface area contributed by atoms with Gasteiger partial charge in [0.1, 0.15) is 6.10 Å². The van der Waals surface area contributed by atoms with E-state index >= 15 is 0 Å². The molecule has 0 aliphatic carbocycles. The number of methoxy groups -OCH3 is 1. The number of aliphatic hydroxyl groups is 3. The van der Waals surface area contributed by atoms with Crippen LogP contribution in [-0.2, 0) is 4.74 Å². The van der Waals surface area contributed by atoms with Gasteiger partial charge in [-0.15, -0.1) is 0 Å². The van der Waals surface area contributed by atoms with E-state index in [4.69, 9.17) is 20.1 Å². The summed E-state index contributed by atoms with van der Waals surface area (Å²) in [4.78, 5) is 0. The van der Waals surface area contributed by atoms with Crippen molar-refractivity contribution >= 4 is 0 Å². The molecule has 0 saturated carbocycles. The Morgan fingerprint density at radius 1 is 1.36 bits per heavy atom. The lowest BCUT2D eigenvalue weighted by molar-refractivity contribution is -0.0557. The van der Waals surface area contributed by atoms with Crippen molar-refractivity contribution in [2.75, 3.05) is 13.7 Å². The van der Waals surface area contributed by atoms with Gasteiger partial charge < -0.3 is 20.1 Å². The normalized spacial score (nSPS) is 19.4. The van der Waals surface area contributed by atoms with Crippen molar-refractivity contribution in [1.82, 2.24) is 0 Å². The third-order valence-electron chi connectivity index (χ3n) is 1.49. The second-order valence-electron chi connectivity index (χ2n) is 2.61. The van der Waals surface area contributed by atoms with Crippen molar-refractivity contribution in [1.29, 1.82) is 0 Å². The maximum Gasteiger partial charge on any atom is 0.103 e. The first-order valence-corrected chi connectivity index (χ1v) is 3.61. The molecule has 0 aliphatic heterocycles. The summed E-state index contributed by atoms with van der Waals surface area (Å²) in [6.07, 6.45) is -1.59. The quantitative estimate of drug-likeness (QED) is 0.494. The molecule has 0 amide bonds. The smallest absolute Gasteiger partial charge is 0.103 e. The minimum absolute atomic E-state index is 0.332. The van der Waals surface area contributed by atoms with Crippen molar-refractivity contribution in [3.63, 3.8) is 0 Å². The van der Waals surface area contributed by atoms with Crippen molar-refractivity contribution in [3.8, 4) is 0 Å². The fourth-order valence-corrected chi connectivity index (χ4v) is 0.864. The van der Waals surface area contributed by atoms with E-state index in [1.807, 2.05) is 0 Å². The maximum atomic E-state index is 9.08. The van der Waals surface area contributed by atoms with Crippen molar-refractivity contribution in [2.45, 2.75) is 31.7 Å². The summed E-state index contributed by atoms with van der Waals surface area (Å²) < 4.78 is 4.84. The highest BCUT2D eigenvalue weighted by Gasteiger charge is 2.19. The zero-order valence-corrected chi connectivity index (χ0v) is 6.90. The van der Waals surface area contributed by atoms with Crippen LogP contribution in [0.2, 0.25) is 0 Å². The molecule has 0 saturated heterocycles. The summed E-state index contributed by atoms with van der Waals surface area (Å²) in [6.45, 7) is 1.27. The standard InChI is InChI=1S/C7H16O4/c1-5(9)3-7(11-2)6(10)4-8/h5-10H,3-4H2,1-2H3/t5-,6+,7+/m1/s1. The van der Waals surface area contributed by atoms with Gasteiger partial charge in [-0.25, -0.2) is 0 Å². The van der Waals surface area contributed by atoms with E-state index in [0.29, 0.717) is 6.42 Å². The Morgan fingerprint density at radius 3 is 2.18 bits per heavy atom. The number of rotatable bonds is 5. The summed E-state index contributed by atoms with van der Waals surface area (Å²) in [7, 11) is 1.44. The molecule has 3 atom stereocenters. The second-order valence-corrected chi connectivity index (χ2v) is 2.61. The molecular weight excluding hydrogens is 148 g/mol. The molecule has 0 aromatic carbocycles. The van der Waals surface area contributed by atoms with Crippen LogP contribution in [0.4, 0.5) is 0 Å². The first-order valence-electron chi connectivity index (χ1n) is 3.61. The van der Waals surface area contributed by atoms with Gasteiger partial charge in [0.2, 0.25) is 0 Å². The Balaban J connectivity index is 3.74. The molecule has 4 nitrogen and oxygen atoms in total. The maximum absolute atomic E-state index is 9.08. The molecule has 68 valence electrons. The number of ether oxygens (including phenoxy) is 1. The molecule has 4 heteroatoms. The summed E-state index contributed by atoms with van der Waals surface area (Å²) in [5, 5.41) is 26.5. The Labute approximate surface area is 66.4 Å². The van der Waals surface area contributed by atoms with Crippen molar-refractivity contribution < 1.29 is 20.1 Å². The zero-order valence-electron chi connectivity index (χ0n) is 6.90. The van der Waals surface area contributed by atoms with Crippen LogP contribution in [0.15, 0.2) is 0 Å². The van der Waals surface area contributed by atoms with Crippen LogP contribution < -0.4 is 0 Å². The summed E-state index contributed by atoms with van der Waals surface area (Å²) in [5.74, 6) is 0. The highest BCUT2D eigenvalue weighted by Crippen LogP contribution is 2.06. The van der Waals surface area contributed by atoms with Gasteiger partial charge in [-0.1, -0.05) is 0 Å². The molecule has 0 spiro atoms. The van der Waals surface area contributed by atoms with Gasteiger partial charge in [0.25, 0.3) is 0 Å². The minimum atomic E-state index is -0.908. The van der Waals surface area contributed by atoms with Crippen LogP contribution in [-0.4, -0.2) is 47.3 Å². The Morgan fingerprint density at radius 2 is 1.91 bits per heavy atom. The van der Waals surface area contributed by atoms with E-state index in [2.05, 4.69) is 0 Å². The van der Waals surface area contributed by atoms with Gasteiger partial charge in [-0.2, -0.15) is 0 Å². The lowest BCUT2D eigenvalue weighted by Gasteiger charge is -2.20. The van der Waals surface area contributed by atoms with Gasteiger partial charge in [0, 0.05) is 13.5 Å². The van der Waals surface area contributed by atoms with E-state index < -0.39 is 18.3 Å². The monoisotopic (exact) mass is 164 g/mol. The van der Waals surface area contributed by atoms with Gasteiger partial charge in [-0.05, 0) is 6.92 Å². The van der Waals surface area contributed by atoms with Crippen LogP contribution >= 0.6 is 0 Å². The Bertz CT molecular complexity index is 94.4. The average Bonchev–Trinajstić information content (AvgIpc) is 1.98. The summed E-state index contributed by atoms with van der Waals surface area (Å²) in [5.41, 5.74) is 0. The molecule has 0 bridgehead atoms. The molecule has 0 unspecified atom stereocenters. The molecule has 0 aromatic rings. The number of aliphatic hydroxyl groups excluding tert-OH is 3. The molecule has 11 heavy (non-hydrogen) atoms.